The fraction of sp³-hybridized carbons (Fsp3) is 0.300. The summed E-state index contributed by atoms with van der Waals surface area (Å²) in [6.07, 6.45) is 2.49. The summed E-state index contributed by atoms with van der Waals surface area (Å²) in [4.78, 5) is 14.5. The monoisotopic (exact) mass is 377 g/mol. The molecule has 1 amide bonds. The van der Waals surface area contributed by atoms with Crippen molar-refractivity contribution < 1.29 is 18.3 Å². The molecule has 0 spiro atoms. The molecule has 1 heterocycles. The molecule has 1 aromatic rings. The van der Waals surface area contributed by atoms with Crippen LogP contribution in [0.2, 0.25) is 0 Å². The summed E-state index contributed by atoms with van der Waals surface area (Å²) in [6.45, 7) is 3.48. The van der Waals surface area contributed by atoms with Crippen molar-refractivity contribution in [3.8, 4) is 5.75 Å². The van der Waals surface area contributed by atoms with Crippen LogP contribution in [0.15, 0.2) is 58.3 Å². The number of hydrogen-bond acceptors (Lipinski definition) is 2. The van der Waals surface area contributed by atoms with Crippen LogP contribution in [0.3, 0.4) is 0 Å². The number of rotatable bonds is 5. The molecular weight excluding hydrogens is 360 g/mol. The molecule has 3 rings (SSSR count). The summed E-state index contributed by atoms with van der Waals surface area (Å²) >= 11 is 6.27. The number of benzene rings is 1. The van der Waals surface area contributed by atoms with Crippen molar-refractivity contribution in [1.82, 2.24) is 4.90 Å². The second-order valence-electron chi connectivity index (χ2n) is 6.28. The van der Waals surface area contributed by atoms with E-state index < -0.39 is 13.0 Å². The Kier molecular flexibility index (Phi) is 5.30. The van der Waals surface area contributed by atoms with Crippen molar-refractivity contribution in [2.24, 2.45) is 0 Å². The Hall–Kier alpha value is -2.36. The van der Waals surface area contributed by atoms with Gasteiger partial charge in [-0.25, -0.2) is 8.78 Å². The molecule has 0 fully saturated rings. The molecule has 1 atom stereocenters. The Balaban J connectivity index is 1.85. The molecule has 1 aromatic carbocycles. The van der Waals surface area contributed by atoms with Crippen molar-refractivity contribution in [2.45, 2.75) is 26.3 Å². The molecule has 2 aliphatic rings. The number of carbonyl (C=O) groups is 1. The van der Waals surface area contributed by atoms with Gasteiger partial charge >= 0.3 is 0 Å². The second-order valence-corrected chi connectivity index (χ2v) is 6.68. The highest BCUT2D eigenvalue weighted by Crippen LogP contribution is 2.35. The van der Waals surface area contributed by atoms with E-state index in [1.807, 2.05) is 19.9 Å². The van der Waals surface area contributed by atoms with Gasteiger partial charge < -0.3 is 9.64 Å². The number of amides is 1. The number of allylic oxidation sites excluding steroid dienone is 1. The van der Waals surface area contributed by atoms with Crippen molar-refractivity contribution >= 4 is 17.5 Å². The third-order valence-electron chi connectivity index (χ3n) is 4.39. The Morgan fingerprint density at radius 2 is 2.12 bits per heavy atom. The molecule has 6 heteroatoms. The molecule has 0 aromatic heterocycles. The van der Waals surface area contributed by atoms with E-state index >= 15 is 0 Å². The number of aryl methyl sites for hydroxylation is 1. The Morgan fingerprint density at radius 3 is 2.85 bits per heavy atom. The molecule has 1 aliphatic carbocycles. The van der Waals surface area contributed by atoms with Gasteiger partial charge in [0, 0.05) is 17.2 Å². The van der Waals surface area contributed by atoms with Crippen LogP contribution in [-0.2, 0) is 4.79 Å². The first-order valence-electron chi connectivity index (χ1n) is 8.22. The lowest BCUT2D eigenvalue weighted by Crippen LogP contribution is -2.30. The summed E-state index contributed by atoms with van der Waals surface area (Å²) in [7, 11) is 0. The SMILES string of the molecule is Cc1cc(OCC(F)F)cc(C(C)N2CC3=C(C=C=CC=C3Cl)C2=O)c1. The van der Waals surface area contributed by atoms with Gasteiger partial charge in [0.25, 0.3) is 12.3 Å². The first kappa shape index (κ1) is 18.4. The first-order valence-corrected chi connectivity index (χ1v) is 8.60. The number of ether oxygens (including phenoxy) is 1. The number of hydrogen-bond donors (Lipinski definition) is 0. The predicted octanol–water partition coefficient (Wildman–Crippen LogP) is 4.69. The van der Waals surface area contributed by atoms with Gasteiger partial charge in [-0.1, -0.05) is 17.7 Å². The van der Waals surface area contributed by atoms with E-state index in [9.17, 15) is 13.6 Å². The van der Waals surface area contributed by atoms with E-state index in [2.05, 4.69) is 5.73 Å². The largest absolute Gasteiger partial charge is 0.488 e. The predicted molar refractivity (Wildman–Crippen MR) is 96.4 cm³/mol. The lowest BCUT2D eigenvalue weighted by Gasteiger charge is -2.26. The maximum atomic E-state index is 12.8. The van der Waals surface area contributed by atoms with Gasteiger partial charge in [-0.3, -0.25) is 4.79 Å². The summed E-state index contributed by atoms with van der Waals surface area (Å²) in [5.74, 6) is 0.243. The molecule has 0 saturated heterocycles. The fourth-order valence-electron chi connectivity index (χ4n) is 3.07. The minimum absolute atomic E-state index is 0.126. The lowest BCUT2D eigenvalue weighted by atomic mass is 10.0. The van der Waals surface area contributed by atoms with Crippen LogP contribution >= 0.6 is 11.6 Å². The van der Waals surface area contributed by atoms with Gasteiger partial charge in [0.2, 0.25) is 0 Å². The van der Waals surface area contributed by atoms with Gasteiger partial charge in [-0.15, -0.1) is 5.73 Å². The van der Waals surface area contributed by atoms with Gasteiger partial charge in [0.1, 0.15) is 12.4 Å². The standard InChI is InChI=1S/C20H18ClF2NO2/c1-12-7-14(9-15(8-12)26-11-19(22)23)13(2)24-10-17-16(20(24)25)5-3-4-6-18(17)21/h4-9,13,19H,10-11H2,1-2H3. The summed E-state index contributed by atoms with van der Waals surface area (Å²) < 4.78 is 29.9. The molecule has 0 bridgehead atoms. The molecular formula is C20H18ClF2NO2. The number of alkyl halides is 2. The van der Waals surface area contributed by atoms with E-state index in [0.29, 0.717) is 22.9 Å². The highest BCUT2D eigenvalue weighted by Gasteiger charge is 2.34. The third-order valence-corrected chi connectivity index (χ3v) is 4.74. The first-order chi connectivity index (χ1) is 12.4. The van der Waals surface area contributed by atoms with Crippen molar-refractivity contribution in [3.63, 3.8) is 0 Å². The zero-order valence-electron chi connectivity index (χ0n) is 14.4. The Morgan fingerprint density at radius 1 is 1.35 bits per heavy atom. The molecule has 0 saturated carbocycles. The normalized spacial score (nSPS) is 17.5. The zero-order chi connectivity index (χ0) is 18.8. The lowest BCUT2D eigenvalue weighted by molar-refractivity contribution is -0.127. The number of nitrogens with zero attached hydrogens (tertiary/aromatic N) is 1. The van der Waals surface area contributed by atoms with Crippen LogP contribution in [0.25, 0.3) is 0 Å². The summed E-state index contributed by atoms with van der Waals surface area (Å²) in [6, 6.07) is 5.06. The van der Waals surface area contributed by atoms with Crippen LogP contribution in [0.4, 0.5) is 8.78 Å². The van der Waals surface area contributed by atoms with Gasteiger partial charge in [-0.05, 0) is 55.3 Å². The van der Waals surface area contributed by atoms with Crippen molar-refractivity contribution in [2.75, 3.05) is 13.2 Å². The van der Waals surface area contributed by atoms with Gasteiger partial charge in [0.15, 0.2) is 0 Å². The number of halogens is 3. The van der Waals surface area contributed by atoms with E-state index in [-0.39, 0.29) is 11.9 Å². The van der Waals surface area contributed by atoms with Crippen LogP contribution in [0.5, 0.6) is 5.75 Å². The van der Waals surface area contributed by atoms with E-state index in [1.165, 1.54) is 0 Å². The molecule has 0 radical (unpaired) electrons. The highest BCUT2D eigenvalue weighted by atomic mass is 35.5. The molecule has 0 N–H and O–H groups in total. The maximum Gasteiger partial charge on any atom is 0.272 e. The number of carbonyl (C=O) groups excluding carboxylic acids is 1. The van der Waals surface area contributed by atoms with Crippen LogP contribution in [0.1, 0.15) is 24.1 Å². The van der Waals surface area contributed by atoms with E-state index in [0.717, 1.165) is 16.7 Å². The minimum Gasteiger partial charge on any atom is -0.488 e. The van der Waals surface area contributed by atoms with Crippen LogP contribution in [0, 0.1) is 6.92 Å². The molecule has 1 aliphatic heterocycles. The average Bonchev–Trinajstić information content (AvgIpc) is 2.80. The van der Waals surface area contributed by atoms with Crippen LogP contribution in [-0.4, -0.2) is 30.4 Å². The molecule has 136 valence electrons. The molecule has 26 heavy (non-hydrogen) atoms. The third kappa shape index (κ3) is 3.74. The fourth-order valence-corrected chi connectivity index (χ4v) is 3.30. The zero-order valence-corrected chi connectivity index (χ0v) is 15.2. The Labute approximate surface area is 155 Å². The van der Waals surface area contributed by atoms with Crippen molar-refractivity contribution in [3.05, 3.63) is 69.5 Å². The smallest absolute Gasteiger partial charge is 0.272 e. The average molecular weight is 378 g/mol. The minimum atomic E-state index is -2.54. The van der Waals surface area contributed by atoms with Crippen LogP contribution < -0.4 is 4.74 Å². The molecule has 3 nitrogen and oxygen atoms in total. The summed E-state index contributed by atoms with van der Waals surface area (Å²) in [5, 5.41) is 0.523. The van der Waals surface area contributed by atoms with E-state index in [1.54, 1.807) is 35.3 Å². The quantitative estimate of drug-likeness (QED) is 0.697. The molecule has 1 unspecified atom stereocenters. The van der Waals surface area contributed by atoms with Gasteiger partial charge in [-0.2, -0.15) is 0 Å². The highest BCUT2D eigenvalue weighted by molar-refractivity contribution is 6.33. The van der Waals surface area contributed by atoms with Crippen molar-refractivity contribution in [1.29, 1.82) is 0 Å². The van der Waals surface area contributed by atoms with Gasteiger partial charge in [0.05, 0.1) is 11.6 Å². The second kappa shape index (κ2) is 7.48. The topological polar surface area (TPSA) is 29.5 Å². The van der Waals surface area contributed by atoms with E-state index in [4.69, 9.17) is 16.3 Å². The maximum absolute atomic E-state index is 12.8. The Bertz CT molecular complexity index is 867. The summed E-state index contributed by atoms with van der Waals surface area (Å²) in [5.41, 5.74) is 5.92.